The zero-order chi connectivity index (χ0) is 11.9. The highest BCUT2D eigenvalue weighted by Gasteiger charge is 2.18. The van der Waals surface area contributed by atoms with Crippen molar-refractivity contribution in [1.82, 2.24) is 10.1 Å². The molecule has 0 radical (unpaired) electrons. The summed E-state index contributed by atoms with van der Waals surface area (Å²) in [6, 6.07) is 0. The van der Waals surface area contributed by atoms with Crippen LogP contribution in [0, 0.1) is 20.8 Å². The number of carbonyl (C=O) groups excluding carboxylic acids is 1. The van der Waals surface area contributed by atoms with E-state index in [1.807, 2.05) is 20.8 Å². The molecule has 0 fully saturated rings. The average molecular weight is 236 g/mol. The number of thiazole rings is 1. The summed E-state index contributed by atoms with van der Waals surface area (Å²) in [4.78, 5) is 16.4. The van der Waals surface area contributed by atoms with Crippen LogP contribution in [0.3, 0.4) is 0 Å². The van der Waals surface area contributed by atoms with Crippen molar-refractivity contribution in [1.29, 1.82) is 0 Å². The second kappa shape index (κ2) is 3.83. The lowest BCUT2D eigenvalue weighted by Gasteiger charge is -1.91. The van der Waals surface area contributed by atoms with Crippen LogP contribution in [0.1, 0.15) is 33.7 Å². The van der Waals surface area contributed by atoms with Gasteiger partial charge in [0.25, 0.3) is 0 Å². The molecule has 2 aromatic heterocycles. The molecule has 2 aromatic rings. The molecule has 4 nitrogen and oxygen atoms in total. The Labute approximate surface area is 97.3 Å². The fourth-order valence-corrected chi connectivity index (χ4v) is 2.72. The minimum Gasteiger partial charge on any atom is -0.361 e. The number of nitrogens with zero attached hydrogens (tertiary/aromatic N) is 2. The van der Waals surface area contributed by atoms with Gasteiger partial charge in [0, 0.05) is 6.92 Å². The molecule has 0 atom stereocenters. The summed E-state index contributed by atoms with van der Waals surface area (Å²) in [7, 11) is 0. The van der Waals surface area contributed by atoms with Crippen LogP contribution in [0.15, 0.2) is 4.52 Å². The van der Waals surface area contributed by atoms with Crippen molar-refractivity contribution >= 4 is 17.1 Å². The van der Waals surface area contributed by atoms with E-state index < -0.39 is 0 Å². The van der Waals surface area contributed by atoms with Crippen molar-refractivity contribution in [2.75, 3.05) is 0 Å². The van der Waals surface area contributed by atoms with Gasteiger partial charge in [-0.2, -0.15) is 0 Å². The third-order valence-corrected chi connectivity index (χ3v) is 3.64. The van der Waals surface area contributed by atoms with Crippen molar-refractivity contribution < 1.29 is 9.32 Å². The Morgan fingerprint density at radius 3 is 2.38 bits per heavy atom. The molecule has 0 unspecified atom stereocenters. The Balaban J connectivity index is 2.58. The van der Waals surface area contributed by atoms with E-state index in [1.54, 1.807) is 6.92 Å². The topological polar surface area (TPSA) is 56.0 Å². The Kier molecular flexibility index (Phi) is 2.63. The monoisotopic (exact) mass is 236 g/mol. The number of ketones is 1. The maximum absolute atomic E-state index is 11.4. The lowest BCUT2D eigenvalue weighted by Crippen LogP contribution is -1.89. The van der Waals surface area contributed by atoms with Crippen LogP contribution in [0.25, 0.3) is 10.6 Å². The summed E-state index contributed by atoms with van der Waals surface area (Å²) in [6.45, 7) is 7.11. The van der Waals surface area contributed by atoms with Gasteiger partial charge in [0.1, 0.15) is 10.8 Å². The van der Waals surface area contributed by atoms with E-state index in [2.05, 4.69) is 10.1 Å². The van der Waals surface area contributed by atoms with Crippen molar-refractivity contribution in [2.24, 2.45) is 0 Å². The van der Waals surface area contributed by atoms with Crippen LogP contribution in [-0.4, -0.2) is 15.9 Å². The standard InChI is InChI=1S/C11H12N2O2S/c1-5-9(8(4)15-13-5)11-12-6(2)10(16-11)7(3)14/h1-4H3. The molecule has 0 amide bonds. The maximum atomic E-state index is 11.4. The summed E-state index contributed by atoms with van der Waals surface area (Å²) in [5.41, 5.74) is 2.48. The fraction of sp³-hybridized carbons (Fsp3) is 0.364. The molecule has 0 aromatic carbocycles. The summed E-state index contributed by atoms with van der Waals surface area (Å²) in [5.74, 6) is 0.786. The van der Waals surface area contributed by atoms with E-state index in [4.69, 9.17) is 4.52 Å². The number of hydrogen-bond acceptors (Lipinski definition) is 5. The normalized spacial score (nSPS) is 10.8. The van der Waals surface area contributed by atoms with Crippen LogP contribution >= 0.6 is 11.3 Å². The summed E-state index contributed by atoms with van der Waals surface area (Å²) in [6.07, 6.45) is 0. The molecular formula is C11H12N2O2S. The number of aryl methyl sites for hydroxylation is 3. The summed E-state index contributed by atoms with van der Waals surface area (Å²) >= 11 is 1.39. The molecule has 0 aliphatic rings. The molecule has 16 heavy (non-hydrogen) atoms. The molecule has 0 bridgehead atoms. The number of aromatic nitrogens is 2. The Bertz CT molecular complexity index is 535. The maximum Gasteiger partial charge on any atom is 0.171 e. The number of rotatable bonds is 2. The molecule has 0 spiro atoms. The van der Waals surface area contributed by atoms with Crippen LogP contribution in [-0.2, 0) is 0 Å². The van der Waals surface area contributed by atoms with E-state index >= 15 is 0 Å². The van der Waals surface area contributed by atoms with Crippen molar-refractivity contribution in [2.45, 2.75) is 27.7 Å². The molecule has 0 saturated carbocycles. The molecule has 2 heterocycles. The number of carbonyl (C=O) groups is 1. The van der Waals surface area contributed by atoms with Gasteiger partial charge in [-0.25, -0.2) is 4.98 Å². The Morgan fingerprint density at radius 1 is 1.25 bits per heavy atom. The van der Waals surface area contributed by atoms with E-state index in [1.165, 1.54) is 11.3 Å². The first-order valence-corrected chi connectivity index (χ1v) is 5.74. The fourth-order valence-electron chi connectivity index (χ4n) is 1.62. The van der Waals surface area contributed by atoms with Gasteiger partial charge in [0.2, 0.25) is 0 Å². The minimum absolute atomic E-state index is 0.0491. The van der Waals surface area contributed by atoms with Crippen LogP contribution in [0.4, 0.5) is 0 Å². The highest BCUT2D eigenvalue weighted by atomic mass is 32.1. The molecule has 84 valence electrons. The van der Waals surface area contributed by atoms with Crippen LogP contribution in [0.2, 0.25) is 0 Å². The highest BCUT2D eigenvalue weighted by Crippen LogP contribution is 2.32. The van der Waals surface area contributed by atoms with Gasteiger partial charge in [0.15, 0.2) is 5.78 Å². The molecule has 5 heteroatoms. The molecule has 2 rings (SSSR count). The molecular weight excluding hydrogens is 224 g/mol. The predicted molar refractivity (Wildman–Crippen MR) is 61.8 cm³/mol. The second-order valence-corrected chi connectivity index (χ2v) is 4.69. The third-order valence-electron chi connectivity index (χ3n) is 2.36. The largest absolute Gasteiger partial charge is 0.361 e. The van der Waals surface area contributed by atoms with Gasteiger partial charge in [-0.1, -0.05) is 5.16 Å². The van der Waals surface area contributed by atoms with E-state index in [9.17, 15) is 4.79 Å². The average Bonchev–Trinajstić information content (AvgIpc) is 2.70. The minimum atomic E-state index is 0.0491. The van der Waals surface area contributed by atoms with Crippen LogP contribution in [0.5, 0.6) is 0 Å². The molecule has 0 aliphatic heterocycles. The summed E-state index contributed by atoms with van der Waals surface area (Å²) < 4.78 is 5.09. The summed E-state index contributed by atoms with van der Waals surface area (Å²) in [5, 5.41) is 4.69. The van der Waals surface area contributed by atoms with Crippen molar-refractivity contribution in [3.63, 3.8) is 0 Å². The second-order valence-electron chi connectivity index (χ2n) is 3.69. The van der Waals surface area contributed by atoms with E-state index in [0.29, 0.717) is 4.88 Å². The van der Waals surface area contributed by atoms with Crippen molar-refractivity contribution in [3.8, 4) is 10.6 Å². The van der Waals surface area contributed by atoms with Gasteiger partial charge >= 0.3 is 0 Å². The van der Waals surface area contributed by atoms with Gasteiger partial charge in [-0.3, -0.25) is 4.79 Å². The number of Topliss-reactive ketones (excluding diaryl/α,β-unsaturated/α-hetero) is 1. The molecule has 0 aliphatic carbocycles. The van der Waals surface area contributed by atoms with Gasteiger partial charge in [-0.05, 0) is 20.8 Å². The zero-order valence-corrected chi connectivity index (χ0v) is 10.4. The first kappa shape index (κ1) is 11.0. The molecule has 0 saturated heterocycles. The van der Waals surface area contributed by atoms with E-state index in [0.717, 1.165) is 27.7 Å². The Morgan fingerprint density at radius 2 is 1.94 bits per heavy atom. The van der Waals surface area contributed by atoms with E-state index in [-0.39, 0.29) is 5.78 Å². The van der Waals surface area contributed by atoms with Crippen LogP contribution < -0.4 is 0 Å². The quantitative estimate of drug-likeness (QED) is 0.752. The molecule has 0 N–H and O–H groups in total. The first-order valence-electron chi connectivity index (χ1n) is 4.92. The van der Waals surface area contributed by atoms with Crippen molar-refractivity contribution in [3.05, 3.63) is 22.0 Å². The van der Waals surface area contributed by atoms with Gasteiger partial charge in [0.05, 0.1) is 21.8 Å². The lowest BCUT2D eigenvalue weighted by atomic mass is 10.2. The van der Waals surface area contributed by atoms with Gasteiger partial charge in [-0.15, -0.1) is 11.3 Å². The smallest absolute Gasteiger partial charge is 0.171 e. The zero-order valence-electron chi connectivity index (χ0n) is 9.62. The predicted octanol–water partition coefficient (Wildman–Crippen LogP) is 2.93. The third kappa shape index (κ3) is 1.67. The number of hydrogen-bond donors (Lipinski definition) is 0. The van der Waals surface area contributed by atoms with Gasteiger partial charge < -0.3 is 4.52 Å². The Hall–Kier alpha value is -1.49. The lowest BCUT2D eigenvalue weighted by molar-refractivity contribution is 0.102. The first-order chi connectivity index (χ1) is 7.50. The highest BCUT2D eigenvalue weighted by molar-refractivity contribution is 7.17. The SMILES string of the molecule is CC(=O)c1sc(-c2c(C)noc2C)nc1C.